The first-order chi connectivity index (χ1) is 8.46. The topological polar surface area (TPSA) is 12.0 Å². The maximum absolute atomic E-state index is 3.64. The smallest absolute Gasteiger partial charge is 0.0225 e. The van der Waals surface area contributed by atoms with E-state index in [0.717, 1.165) is 13.1 Å². The summed E-state index contributed by atoms with van der Waals surface area (Å²) < 4.78 is 0.318. The Labute approximate surface area is 117 Å². The first-order valence-corrected chi connectivity index (χ1v) is 7.99. The molecule has 0 aliphatic carbocycles. The van der Waals surface area contributed by atoms with E-state index >= 15 is 0 Å². The fourth-order valence-electron chi connectivity index (χ4n) is 2.04. The highest BCUT2D eigenvalue weighted by Crippen LogP contribution is 2.24. The van der Waals surface area contributed by atoms with Gasteiger partial charge in [-0.15, -0.1) is 0 Å². The zero-order valence-corrected chi connectivity index (χ0v) is 13.2. The molecule has 1 nitrogen and oxygen atoms in total. The first kappa shape index (κ1) is 15.6. The van der Waals surface area contributed by atoms with E-state index in [1.165, 1.54) is 5.56 Å². The average Bonchev–Trinajstić information content (AvgIpc) is 2.35. The van der Waals surface area contributed by atoms with Crippen molar-refractivity contribution in [2.75, 3.05) is 19.3 Å². The van der Waals surface area contributed by atoms with Gasteiger partial charge in [-0.25, -0.2) is 0 Å². The molecule has 1 rings (SSSR count). The van der Waals surface area contributed by atoms with Crippen molar-refractivity contribution >= 4 is 11.8 Å². The van der Waals surface area contributed by atoms with Crippen LogP contribution < -0.4 is 5.32 Å². The van der Waals surface area contributed by atoms with Gasteiger partial charge in [-0.3, -0.25) is 0 Å². The van der Waals surface area contributed by atoms with Crippen molar-refractivity contribution in [3.63, 3.8) is 0 Å². The number of rotatable bonds is 7. The van der Waals surface area contributed by atoms with E-state index in [4.69, 9.17) is 0 Å². The lowest BCUT2D eigenvalue weighted by atomic mass is 9.88. The molecule has 0 aliphatic rings. The second-order valence-electron chi connectivity index (χ2n) is 5.86. The molecule has 2 heteroatoms. The Morgan fingerprint density at radius 3 is 2.28 bits per heavy atom. The maximum Gasteiger partial charge on any atom is 0.0225 e. The highest BCUT2D eigenvalue weighted by atomic mass is 32.2. The van der Waals surface area contributed by atoms with Gasteiger partial charge in [-0.1, -0.05) is 44.2 Å². The molecular formula is C16H27NS. The molecule has 102 valence electrons. The van der Waals surface area contributed by atoms with Gasteiger partial charge in [0.05, 0.1) is 0 Å². The predicted octanol–water partition coefficient (Wildman–Crippen LogP) is 4.16. The highest BCUT2D eigenvalue weighted by Gasteiger charge is 2.19. The van der Waals surface area contributed by atoms with Gasteiger partial charge >= 0.3 is 0 Å². The number of hydrogen-bond donors (Lipinski definition) is 1. The number of benzene rings is 1. The number of thioether (sulfide) groups is 1. The third-order valence-corrected chi connectivity index (χ3v) is 4.75. The quantitative estimate of drug-likeness (QED) is 0.794. The average molecular weight is 265 g/mol. The van der Waals surface area contributed by atoms with Gasteiger partial charge in [0.25, 0.3) is 0 Å². The second-order valence-corrected chi connectivity index (χ2v) is 7.37. The van der Waals surface area contributed by atoms with Crippen molar-refractivity contribution < 1.29 is 0 Å². The maximum atomic E-state index is 3.64. The first-order valence-electron chi connectivity index (χ1n) is 6.77. The molecule has 0 radical (unpaired) electrons. The molecule has 1 aromatic rings. The van der Waals surface area contributed by atoms with Crippen LogP contribution in [0.4, 0.5) is 0 Å². The van der Waals surface area contributed by atoms with Crippen molar-refractivity contribution in [2.45, 2.75) is 38.4 Å². The van der Waals surface area contributed by atoms with E-state index in [9.17, 15) is 0 Å². The normalized spacial score (nSPS) is 13.9. The lowest BCUT2D eigenvalue weighted by Gasteiger charge is -2.26. The van der Waals surface area contributed by atoms with Crippen LogP contribution >= 0.6 is 11.8 Å². The molecule has 1 atom stereocenters. The summed E-state index contributed by atoms with van der Waals surface area (Å²) in [6, 6.07) is 10.8. The van der Waals surface area contributed by atoms with Crippen LogP contribution in [0.2, 0.25) is 0 Å². The SMILES string of the molecule is CSC(C)(C)CNCC(c1ccccc1)C(C)C. The van der Waals surface area contributed by atoms with E-state index in [-0.39, 0.29) is 0 Å². The van der Waals surface area contributed by atoms with Crippen LogP contribution in [0.3, 0.4) is 0 Å². The van der Waals surface area contributed by atoms with Gasteiger partial charge in [0.1, 0.15) is 0 Å². The van der Waals surface area contributed by atoms with E-state index in [0.29, 0.717) is 16.6 Å². The summed E-state index contributed by atoms with van der Waals surface area (Å²) in [5.41, 5.74) is 1.45. The van der Waals surface area contributed by atoms with Gasteiger partial charge < -0.3 is 5.32 Å². The lowest BCUT2D eigenvalue weighted by Crippen LogP contribution is -2.35. The fourth-order valence-corrected chi connectivity index (χ4v) is 2.29. The summed E-state index contributed by atoms with van der Waals surface area (Å²) in [4.78, 5) is 0. The van der Waals surface area contributed by atoms with Crippen molar-refractivity contribution in [2.24, 2.45) is 5.92 Å². The van der Waals surface area contributed by atoms with Gasteiger partial charge in [0.2, 0.25) is 0 Å². The summed E-state index contributed by atoms with van der Waals surface area (Å²) in [5.74, 6) is 1.26. The van der Waals surface area contributed by atoms with Crippen molar-refractivity contribution in [1.82, 2.24) is 5.32 Å². The molecular weight excluding hydrogens is 238 g/mol. The van der Waals surface area contributed by atoms with Crippen molar-refractivity contribution in [3.8, 4) is 0 Å². The van der Waals surface area contributed by atoms with Gasteiger partial charge in [-0.05, 0) is 37.5 Å². The summed E-state index contributed by atoms with van der Waals surface area (Å²) in [5, 5.41) is 3.64. The minimum absolute atomic E-state index is 0.318. The Morgan fingerprint density at radius 2 is 1.78 bits per heavy atom. The largest absolute Gasteiger partial charge is 0.315 e. The predicted molar refractivity (Wildman–Crippen MR) is 84.5 cm³/mol. The lowest BCUT2D eigenvalue weighted by molar-refractivity contribution is 0.450. The molecule has 0 aliphatic heterocycles. The number of hydrogen-bond acceptors (Lipinski definition) is 2. The van der Waals surface area contributed by atoms with E-state index < -0.39 is 0 Å². The Kier molecular flexibility index (Phi) is 6.24. The van der Waals surface area contributed by atoms with Gasteiger partial charge in [0.15, 0.2) is 0 Å². The third kappa shape index (κ3) is 5.03. The summed E-state index contributed by atoms with van der Waals surface area (Å²) in [7, 11) is 0. The van der Waals surface area contributed by atoms with E-state index in [1.807, 2.05) is 11.8 Å². The number of nitrogens with one attached hydrogen (secondary N) is 1. The second kappa shape index (κ2) is 7.20. The zero-order chi connectivity index (χ0) is 13.6. The van der Waals surface area contributed by atoms with Crippen LogP contribution in [0.15, 0.2) is 30.3 Å². The molecule has 1 unspecified atom stereocenters. The Bertz CT molecular complexity index is 332. The summed E-state index contributed by atoms with van der Waals surface area (Å²) in [6.45, 7) is 11.3. The highest BCUT2D eigenvalue weighted by molar-refractivity contribution is 7.99. The zero-order valence-electron chi connectivity index (χ0n) is 12.4. The van der Waals surface area contributed by atoms with Crippen LogP contribution in [0.25, 0.3) is 0 Å². The third-order valence-electron chi connectivity index (χ3n) is 3.50. The molecule has 0 saturated heterocycles. The van der Waals surface area contributed by atoms with Crippen LogP contribution in [0.5, 0.6) is 0 Å². The van der Waals surface area contributed by atoms with Gasteiger partial charge in [-0.2, -0.15) is 11.8 Å². The van der Waals surface area contributed by atoms with Crippen LogP contribution in [0.1, 0.15) is 39.2 Å². The molecule has 0 amide bonds. The van der Waals surface area contributed by atoms with Gasteiger partial charge in [0, 0.05) is 17.8 Å². The molecule has 18 heavy (non-hydrogen) atoms. The molecule has 0 saturated carbocycles. The minimum atomic E-state index is 0.318. The molecule has 0 heterocycles. The van der Waals surface area contributed by atoms with Crippen LogP contribution in [-0.2, 0) is 0 Å². The monoisotopic (exact) mass is 265 g/mol. The molecule has 1 N–H and O–H groups in total. The minimum Gasteiger partial charge on any atom is -0.315 e. The van der Waals surface area contributed by atoms with Crippen LogP contribution in [0, 0.1) is 5.92 Å². The molecule has 0 fully saturated rings. The fraction of sp³-hybridized carbons (Fsp3) is 0.625. The van der Waals surface area contributed by atoms with E-state index in [2.05, 4.69) is 69.6 Å². The van der Waals surface area contributed by atoms with Crippen molar-refractivity contribution in [3.05, 3.63) is 35.9 Å². The molecule has 0 spiro atoms. The molecule has 0 bridgehead atoms. The Hall–Kier alpha value is -0.470. The Balaban J connectivity index is 2.55. The standard InChI is InChI=1S/C16H27NS/c1-13(2)15(14-9-7-6-8-10-14)11-17-12-16(3,4)18-5/h6-10,13,15,17H,11-12H2,1-5H3. The molecule has 0 aromatic heterocycles. The van der Waals surface area contributed by atoms with Crippen molar-refractivity contribution in [1.29, 1.82) is 0 Å². The van der Waals surface area contributed by atoms with E-state index in [1.54, 1.807) is 0 Å². The van der Waals surface area contributed by atoms with Crippen LogP contribution in [-0.4, -0.2) is 24.1 Å². The summed E-state index contributed by atoms with van der Waals surface area (Å²) >= 11 is 1.92. The Morgan fingerprint density at radius 1 is 1.17 bits per heavy atom. The molecule has 1 aromatic carbocycles. The summed E-state index contributed by atoms with van der Waals surface area (Å²) in [6.07, 6.45) is 2.18.